The lowest BCUT2D eigenvalue weighted by Gasteiger charge is -2.47. The summed E-state index contributed by atoms with van der Waals surface area (Å²) >= 11 is 0. The van der Waals surface area contributed by atoms with Crippen LogP contribution < -0.4 is 26.2 Å². The third-order valence-corrected chi connectivity index (χ3v) is 11.6. The molecule has 1 saturated carbocycles. The summed E-state index contributed by atoms with van der Waals surface area (Å²) in [5.41, 5.74) is 6.68. The molecule has 5 aromatic rings. The van der Waals surface area contributed by atoms with Gasteiger partial charge in [0, 0.05) is 61.4 Å². The first-order valence-electron chi connectivity index (χ1n) is 20.4. The quantitative estimate of drug-likeness (QED) is 0.114. The van der Waals surface area contributed by atoms with Crippen LogP contribution in [0.2, 0.25) is 0 Å². The van der Waals surface area contributed by atoms with Gasteiger partial charge < -0.3 is 25.4 Å². The Morgan fingerprint density at radius 2 is 1.71 bits per heavy atom. The average molecular weight is 798 g/mol. The maximum absolute atomic E-state index is 12.8. The van der Waals surface area contributed by atoms with Crippen molar-refractivity contribution in [2.45, 2.75) is 89.8 Å². The SMILES string of the molecule is Cc1cc(-c2cc(Nc3ccc(N4CCN(C5CC(c6ccc(N[C@@H]7CCC(=O)NC7=O)cc6)C5)CC4)cn3)ncn2)ccc1[C@@H](C)NC(=O)c1nc(C(C)(C)C)no1. The summed E-state index contributed by atoms with van der Waals surface area (Å²) in [7, 11) is 0. The van der Waals surface area contributed by atoms with E-state index in [4.69, 9.17) is 9.51 Å². The van der Waals surface area contributed by atoms with Crippen molar-refractivity contribution < 1.29 is 18.9 Å². The molecule has 4 N–H and O–H groups in total. The largest absolute Gasteiger partial charge is 0.374 e. The van der Waals surface area contributed by atoms with Gasteiger partial charge in [0.15, 0.2) is 5.82 Å². The number of nitrogens with zero attached hydrogens (tertiary/aromatic N) is 7. The smallest absolute Gasteiger partial charge is 0.315 e. The van der Waals surface area contributed by atoms with Crippen LogP contribution >= 0.6 is 0 Å². The number of carbonyl (C=O) groups excluding carboxylic acids is 3. The van der Waals surface area contributed by atoms with Crippen molar-refractivity contribution in [3.05, 3.63) is 102 Å². The zero-order valence-electron chi connectivity index (χ0n) is 34.2. The van der Waals surface area contributed by atoms with Gasteiger partial charge >= 0.3 is 11.8 Å². The Morgan fingerprint density at radius 3 is 2.39 bits per heavy atom. The Labute approximate surface area is 343 Å². The zero-order valence-corrected chi connectivity index (χ0v) is 34.2. The number of rotatable bonds is 11. The van der Waals surface area contributed by atoms with E-state index in [1.165, 1.54) is 11.9 Å². The van der Waals surface area contributed by atoms with Crippen LogP contribution in [0.15, 0.2) is 77.7 Å². The number of piperazine rings is 1. The van der Waals surface area contributed by atoms with E-state index in [9.17, 15) is 14.4 Å². The highest BCUT2D eigenvalue weighted by Crippen LogP contribution is 2.40. The number of nitrogens with one attached hydrogen (secondary N) is 4. The van der Waals surface area contributed by atoms with E-state index in [0.29, 0.717) is 42.3 Å². The van der Waals surface area contributed by atoms with Crippen molar-refractivity contribution in [1.29, 1.82) is 0 Å². The van der Waals surface area contributed by atoms with Gasteiger partial charge in [0.05, 0.1) is 23.6 Å². The lowest BCUT2D eigenvalue weighted by Crippen LogP contribution is -2.53. The lowest BCUT2D eigenvalue weighted by molar-refractivity contribution is -0.133. The van der Waals surface area contributed by atoms with Gasteiger partial charge in [0.1, 0.15) is 24.0 Å². The van der Waals surface area contributed by atoms with Crippen LogP contribution in [0.1, 0.15) is 98.5 Å². The van der Waals surface area contributed by atoms with Crippen molar-refractivity contribution in [1.82, 2.24) is 40.6 Å². The lowest BCUT2D eigenvalue weighted by atomic mass is 9.75. The third-order valence-electron chi connectivity index (χ3n) is 11.6. The van der Waals surface area contributed by atoms with Gasteiger partial charge in [-0.15, -0.1) is 0 Å². The number of aryl methyl sites for hydroxylation is 1. The highest BCUT2D eigenvalue weighted by atomic mass is 16.5. The fraction of sp³-hybridized carbons (Fsp3) is 0.409. The number of piperidine rings is 1. The van der Waals surface area contributed by atoms with Crippen LogP contribution in [0.4, 0.5) is 23.0 Å². The van der Waals surface area contributed by atoms with Gasteiger partial charge in [-0.1, -0.05) is 50.2 Å². The molecular weight excluding hydrogens is 747 g/mol. The Balaban J connectivity index is 0.795. The number of anilines is 4. The minimum absolute atomic E-state index is 0.0520. The molecule has 59 heavy (non-hydrogen) atoms. The molecule has 1 aliphatic carbocycles. The van der Waals surface area contributed by atoms with Crippen molar-refractivity contribution >= 4 is 40.7 Å². The molecule has 2 atom stereocenters. The van der Waals surface area contributed by atoms with Gasteiger partial charge in [-0.3, -0.25) is 24.6 Å². The first-order valence-corrected chi connectivity index (χ1v) is 20.4. The van der Waals surface area contributed by atoms with E-state index in [-0.39, 0.29) is 35.2 Å². The molecule has 0 unspecified atom stereocenters. The van der Waals surface area contributed by atoms with E-state index in [2.05, 4.69) is 75.4 Å². The summed E-state index contributed by atoms with van der Waals surface area (Å²) in [6.07, 6.45) is 6.64. The van der Waals surface area contributed by atoms with Crippen molar-refractivity contribution in [3.63, 3.8) is 0 Å². The summed E-state index contributed by atoms with van der Waals surface area (Å²) in [5.74, 6) is 1.44. The first-order chi connectivity index (χ1) is 28.4. The van der Waals surface area contributed by atoms with Crippen LogP contribution in [0.3, 0.4) is 0 Å². The Hall–Kier alpha value is -6.22. The van der Waals surface area contributed by atoms with E-state index in [0.717, 1.165) is 72.8 Å². The molecule has 5 heterocycles. The summed E-state index contributed by atoms with van der Waals surface area (Å²) < 4.78 is 5.22. The van der Waals surface area contributed by atoms with Crippen molar-refractivity contribution in [3.8, 4) is 11.3 Å². The molecule has 0 bridgehead atoms. The normalized spacial score (nSPS) is 20.4. The fourth-order valence-corrected chi connectivity index (χ4v) is 8.03. The highest BCUT2D eigenvalue weighted by molar-refractivity contribution is 6.01. The molecule has 0 spiro atoms. The fourth-order valence-electron chi connectivity index (χ4n) is 8.03. The number of hydrogen-bond acceptors (Lipinski definition) is 13. The second-order valence-electron chi connectivity index (χ2n) is 16.9. The molecule has 3 fully saturated rings. The van der Waals surface area contributed by atoms with Crippen molar-refractivity contribution in [2.75, 3.05) is 41.7 Å². The second-order valence-corrected chi connectivity index (χ2v) is 16.9. The highest BCUT2D eigenvalue weighted by Gasteiger charge is 2.36. The molecule has 15 nitrogen and oxygen atoms in total. The summed E-state index contributed by atoms with van der Waals surface area (Å²) in [5, 5.41) is 15.9. The number of aromatic nitrogens is 5. The predicted molar refractivity (Wildman–Crippen MR) is 224 cm³/mol. The molecule has 0 radical (unpaired) electrons. The van der Waals surface area contributed by atoms with Gasteiger partial charge in [-0.2, -0.15) is 4.98 Å². The molecule has 3 aromatic heterocycles. The number of carbonyl (C=O) groups is 3. The summed E-state index contributed by atoms with van der Waals surface area (Å²) in [6.45, 7) is 13.8. The van der Waals surface area contributed by atoms with Crippen LogP contribution in [0.25, 0.3) is 11.3 Å². The van der Waals surface area contributed by atoms with Crippen molar-refractivity contribution in [2.24, 2.45) is 0 Å². The van der Waals surface area contributed by atoms with E-state index < -0.39 is 5.91 Å². The van der Waals surface area contributed by atoms with Crippen LogP contribution in [-0.2, 0) is 15.0 Å². The van der Waals surface area contributed by atoms with Gasteiger partial charge in [0.25, 0.3) is 0 Å². The molecule has 2 aliphatic heterocycles. The average Bonchev–Trinajstić information content (AvgIpc) is 3.72. The van der Waals surface area contributed by atoms with Gasteiger partial charge in [-0.05, 0) is 86.1 Å². The standard InChI is InChI=1S/C44H51N11O4/c1-26-20-29(8-12-34(26)27(2)48-41(58)42-52-43(53-59-42)44(3,4)5)36-23-38(47-25-46-36)50-37-14-11-32(24-45-37)54-16-18-55(19-17-54)33-21-30(22-33)28-6-9-31(10-7-28)49-35-13-15-39(56)51-40(35)57/h6-12,14,20,23-25,27,30,33,35,49H,13,15-19,21-22H2,1-5H3,(H,48,58)(H,51,56,57)(H,45,46,47,50)/t27-,30?,33?,35-/m1/s1. The predicted octanol–water partition coefficient (Wildman–Crippen LogP) is 6.05. The first kappa shape index (κ1) is 39.6. The van der Waals surface area contributed by atoms with E-state index >= 15 is 0 Å². The minimum Gasteiger partial charge on any atom is -0.374 e. The number of benzene rings is 2. The summed E-state index contributed by atoms with van der Waals surface area (Å²) in [6, 6.07) is 20.4. The molecular formula is C44H51N11O4. The number of hydrogen-bond donors (Lipinski definition) is 4. The zero-order chi connectivity index (χ0) is 41.3. The van der Waals surface area contributed by atoms with Crippen LogP contribution in [-0.4, -0.2) is 86.0 Å². The molecule has 8 rings (SSSR count). The molecule has 3 aliphatic rings. The maximum Gasteiger partial charge on any atom is 0.315 e. The third kappa shape index (κ3) is 9.09. The Kier molecular flexibility index (Phi) is 11.1. The Morgan fingerprint density at radius 1 is 0.932 bits per heavy atom. The van der Waals surface area contributed by atoms with E-state index in [1.807, 2.05) is 77.2 Å². The monoisotopic (exact) mass is 797 g/mol. The number of pyridine rings is 1. The number of amides is 3. The van der Waals surface area contributed by atoms with Gasteiger partial charge in [0.2, 0.25) is 11.8 Å². The Bertz CT molecular complexity index is 2310. The van der Waals surface area contributed by atoms with Crippen LogP contribution in [0.5, 0.6) is 0 Å². The molecule has 2 aromatic carbocycles. The molecule has 2 saturated heterocycles. The molecule has 306 valence electrons. The second kappa shape index (κ2) is 16.6. The molecule has 15 heteroatoms. The summed E-state index contributed by atoms with van der Waals surface area (Å²) in [4.78, 5) is 59.4. The van der Waals surface area contributed by atoms with Crippen LogP contribution in [0, 0.1) is 6.92 Å². The minimum atomic E-state index is -0.414. The van der Waals surface area contributed by atoms with Gasteiger partial charge in [-0.25, -0.2) is 15.0 Å². The molecule has 3 amide bonds. The maximum atomic E-state index is 12.8. The number of imide groups is 1. The topological polar surface area (TPSA) is 183 Å². The van der Waals surface area contributed by atoms with E-state index in [1.54, 1.807) is 0 Å².